The average Bonchev–Trinajstić information content (AvgIpc) is 2.62. The van der Waals surface area contributed by atoms with Gasteiger partial charge in [-0.25, -0.2) is 0 Å². The second-order valence-corrected chi connectivity index (χ2v) is 5.37. The number of ether oxygens (including phenoxy) is 1. The van der Waals surface area contributed by atoms with Crippen LogP contribution in [0.1, 0.15) is 6.92 Å². The van der Waals surface area contributed by atoms with Crippen LogP contribution in [-0.2, 0) is 0 Å². The van der Waals surface area contributed by atoms with Gasteiger partial charge < -0.3 is 14.5 Å². The third-order valence-corrected chi connectivity index (χ3v) is 3.96. The third-order valence-electron chi connectivity index (χ3n) is 3.96. The third kappa shape index (κ3) is 3.22. The van der Waals surface area contributed by atoms with Crippen LogP contribution < -0.4 is 14.5 Å². The Labute approximate surface area is 139 Å². The Kier molecular flexibility index (Phi) is 4.74. The van der Waals surface area contributed by atoms with Crippen LogP contribution in [-0.4, -0.2) is 47.9 Å². The van der Waals surface area contributed by atoms with Crippen molar-refractivity contribution in [1.29, 1.82) is 0 Å². The van der Waals surface area contributed by atoms with Crippen LogP contribution in [0.3, 0.4) is 0 Å². The molecule has 0 radical (unpaired) electrons. The lowest BCUT2D eigenvalue weighted by molar-refractivity contribution is -0.385. The topological polar surface area (TPSA) is 84.6 Å². The van der Waals surface area contributed by atoms with Crippen molar-refractivity contribution in [2.75, 3.05) is 42.6 Å². The molecular weight excluding hydrogens is 310 g/mol. The van der Waals surface area contributed by atoms with E-state index in [-0.39, 0.29) is 10.6 Å². The van der Waals surface area contributed by atoms with Gasteiger partial charge in [-0.15, -0.1) is 5.10 Å². The Balaban J connectivity index is 1.79. The molecule has 1 aliphatic rings. The Hall–Kier alpha value is -2.90. The monoisotopic (exact) mass is 329 g/mol. The number of para-hydroxylation sites is 1. The van der Waals surface area contributed by atoms with Gasteiger partial charge in [-0.2, -0.15) is 5.10 Å². The van der Waals surface area contributed by atoms with Crippen LogP contribution in [0.15, 0.2) is 36.5 Å². The van der Waals surface area contributed by atoms with Gasteiger partial charge in [0.25, 0.3) is 0 Å². The zero-order valence-electron chi connectivity index (χ0n) is 13.5. The smallest absolute Gasteiger partial charge is 0.333 e. The van der Waals surface area contributed by atoms with Crippen molar-refractivity contribution < 1.29 is 9.66 Å². The number of rotatable bonds is 5. The minimum atomic E-state index is -0.366. The highest BCUT2D eigenvalue weighted by Crippen LogP contribution is 2.37. The summed E-state index contributed by atoms with van der Waals surface area (Å²) >= 11 is 0. The van der Waals surface area contributed by atoms with E-state index in [1.807, 2.05) is 24.0 Å². The summed E-state index contributed by atoms with van der Waals surface area (Å²) in [6.07, 6.45) is 1.64. The van der Waals surface area contributed by atoms with Gasteiger partial charge in [-0.05, 0) is 31.2 Å². The highest BCUT2D eigenvalue weighted by molar-refractivity contribution is 5.70. The second-order valence-electron chi connectivity index (χ2n) is 5.37. The first kappa shape index (κ1) is 16.0. The van der Waals surface area contributed by atoms with Crippen molar-refractivity contribution in [2.24, 2.45) is 0 Å². The van der Waals surface area contributed by atoms with Crippen molar-refractivity contribution in [3.8, 4) is 5.75 Å². The van der Waals surface area contributed by atoms with Crippen LogP contribution in [0.5, 0.6) is 5.75 Å². The van der Waals surface area contributed by atoms with Gasteiger partial charge in [0, 0.05) is 32.4 Å². The predicted octanol–water partition coefficient (Wildman–Crippen LogP) is 2.11. The molecule has 126 valence electrons. The normalized spacial score (nSPS) is 14.5. The van der Waals surface area contributed by atoms with Crippen molar-refractivity contribution in [1.82, 2.24) is 10.2 Å². The number of benzene rings is 1. The van der Waals surface area contributed by atoms with Crippen LogP contribution in [0.4, 0.5) is 17.2 Å². The van der Waals surface area contributed by atoms with Crippen LogP contribution in [0.2, 0.25) is 0 Å². The van der Waals surface area contributed by atoms with E-state index in [0.29, 0.717) is 31.1 Å². The van der Waals surface area contributed by atoms with Gasteiger partial charge >= 0.3 is 5.69 Å². The zero-order valence-corrected chi connectivity index (χ0v) is 13.5. The molecule has 0 spiro atoms. The fraction of sp³-hybridized carbons (Fsp3) is 0.375. The lowest BCUT2D eigenvalue weighted by atomic mass is 10.2. The molecule has 1 fully saturated rings. The van der Waals surface area contributed by atoms with E-state index in [9.17, 15) is 10.1 Å². The molecule has 2 heterocycles. The number of nitro groups is 1. The van der Waals surface area contributed by atoms with Crippen molar-refractivity contribution in [3.05, 3.63) is 46.6 Å². The maximum absolute atomic E-state index is 11.5. The quantitative estimate of drug-likeness (QED) is 0.613. The summed E-state index contributed by atoms with van der Waals surface area (Å²) in [5.41, 5.74) is 0.636. The fourth-order valence-electron chi connectivity index (χ4n) is 2.86. The largest absolute Gasteiger partial charge is 0.487 e. The fourth-order valence-corrected chi connectivity index (χ4v) is 2.86. The molecule has 1 aliphatic heterocycles. The van der Waals surface area contributed by atoms with Gasteiger partial charge in [0.2, 0.25) is 0 Å². The molecule has 0 amide bonds. The minimum absolute atomic E-state index is 0.0345. The molecule has 8 nitrogen and oxygen atoms in total. The van der Waals surface area contributed by atoms with Crippen LogP contribution in [0, 0.1) is 10.1 Å². The van der Waals surface area contributed by atoms with E-state index < -0.39 is 0 Å². The number of anilines is 2. The minimum Gasteiger partial charge on any atom is -0.487 e. The van der Waals surface area contributed by atoms with E-state index in [0.717, 1.165) is 18.9 Å². The molecule has 0 N–H and O–H groups in total. The summed E-state index contributed by atoms with van der Waals surface area (Å²) in [7, 11) is 0. The summed E-state index contributed by atoms with van der Waals surface area (Å²) in [5, 5.41) is 19.5. The van der Waals surface area contributed by atoms with Crippen molar-refractivity contribution in [3.63, 3.8) is 0 Å². The molecule has 1 aromatic carbocycles. The Morgan fingerprint density at radius 3 is 2.54 bits per heavy atom. The van der Waals surface area contributed by atoms with E-state index in [1.54, 1.807) is 24.4 Å². The predicted molar refractivity (Wildman–Crippen MR) is 90.7 cm³/mol. The van der Waals surface area contributed by atoms with E-state index in [1.165, 1.54) is 0 Å². The maximum atomic E-state index is 11.5. The van der Waals surface area contributed by atoms with Crippen LogP contribution in [0.25, 0.3) is 0 Å². The first-order valence-electron chi connectivity index (χ1n) is 7.88. The number of nitrogens with zero attached hydrogens (tertiary/aromatic N) is 5. The zero-order chi connectivity index (χ0) is 16.9. The summed E-state index contributed by atoms with van der Waals surface area (Å²) in [4.78, 5) is 15.3. The first-order chi connectivity index (χ1) is 11.7. The van der Waals surface area contributed by atoms with Crippen molar-refractivity contribution in [2.45, 2.75) is 6.92 Å². The van der Waals surface area contributed by atoms with Crippen molar-refractivity contribution >= 4 is 17.2 Å². The lowest BCUT2D eigenvalue weighted by Crippen LogP contribution is -2.47. The van der Waals surface area contributed by atoms with Gasteiger partial charge in [0.1, 0.15) is 5.69 Å². The number of piperazine rings is 1. The van der Waals surface area contributed by atoms with Gasteiger partial charge in [0.05, 0.1) is 11.5 Å². The second kappa shape index (κ2) is 7.12. The Morgan fingerprint density at radius 1 is 1.17 bits per heavy atom. The molecule has 3 rings (SSSR count). The molecule has 0 aliphatic carbocycles. The highest BCUT2D eigenvalue weighted by Gasteiger charge is 2.27. The summed E-state index contributed by atoms with van der Waals surface area (Å²) in [6.45, 7) is 5.02. The number of hydrogen-bond acceptors (Lipinski definition) is 7. The van der Waals surface area contributed by atoms with Gasteiger partial charge in [0.15, 0.2) is 11.6 Å². The van der Waals surface area contributed by atoms with Crippen LogP contribution >= 0.6 is 0 Å². The number of hydrogen-bond donors (Lipinski definition) is 0. The SMILES string of the molecule is CCOc1cccc(N2CCN(c3cccnn3)CC2)c1[N+](=O)[O-]. The number of aromatic nitrogens is 2. The average molecular weight is 329 g/mol. The van der Waals surface area contributed by atoms with E-state index in [2.05, 4.69) is 15.1 Å². The summed E-state index contributed by atoms with van der Waals surface area (Å²) < 4.78 is 5.42. The molecule has 1 saturated heterocycles. The molecule has 24 heavy (non-hydrogen) atoms. The van der Waals surface area contributed by atoms with E-state index in [4.69, 9.17) is 4.74 Å². The van der Waals surface area contributed by atoms with E-state index >= 15 is 0 Å². The summed E-state index contributed by atoms with van der Waals surface area (Å²) in [6, 6.07) is 8.98. The molecule has 0 bridgehead atoms. The molecule has 2 aromatic rings. The molecule has 0 saturated carbocycles. The standard InChI is InChI=1S/C16H19N5O3/c1-2-24-14-6-3-5-13(16(14)21(22)23)19-9-11-20(12-10-19)15-7-4-8-17-18-15/h3-8H,2,9-12H2,1H3. The Bertz CT molecular complexity index is 702. The molecule has 8 heteroatoms. The maximum Gasteiger partial charge on any atom is 0.333 e. The van der Waals surface area contributed by atoms with Gasteiger partial charge in [-0.1, -0.05) is 6.07 Å². The molecular formula is C16H19N5O3. The molecule has 0 unspecified atom stereocenters. The first-order valence-corrected chi connectivity index (χ1v) is 7.88. The molecule has 0 atom stereocenters. The summed E-state index contributed by atoms with van der Waals surface area (Å²) in [5.74, 6) is 1.14. The lowest BCUT2D eigenvalue weighted by Gasteiger charge is -2.36. The number of nitro benzene ring substituents is 1. The van der Waals surface area contributed by atoms with Gasteiger partial charge in [-0.3, -0.25) is 10.1 Å². The Morgan fingerprint density at radius 2 is 1.92 bits per heavy atom. The molecule has 1 aromatic heterocycles. The highest BCUT2D eigenvalue weighted by atomic mass is 16.6.